The number of nitrogens with one attached hydrogen (secondary N) is 1. The van der Waals surface area contributed by atoms with Crippen LogP contribution >= 0.6 is 24.0 Å². The van der Waals surface area contributed by atoms with Gasteiger partial charge in [-0.3, -0.25) is 35.2 Å². The zero-order valence-electron chi connectivity index (χ0n) is 14.3. The molecule has 12 heteroatoms. The van der Waals surface area contributed by atoms with E-state index >= 15 is 0 Å². The molecule has 0 aromatic heterocycles. The molecule has 0 radical (unpaired) electrons. The number of rotatable bonds is 5. The van der Waals surface area contributed by atoms with Gasteiger partial charge in [-0.05, 0) is 42.1 Å². The van der Waals surface area contributed by atoms with Gasteiger partial charge in [0, 0.05) is 29.8 Å². The molecule has 1 aliphatic rings. The van der Waals surface area contributed by atoms with Crippen molar-refractivity contribution in [3.63, 3.8) is 0 Å². The largest absolute Gasteiger partial charge is 0.285 e. The van der Waals surface area contributed by atoms with Crippen molar-refractivity contribution in [1.29, 1.82) is 0 Å². The maximum Gasteiger partial charge on any atom is 0.285 e. The Morgan fingerprint density at radius 2 is 1.72 bits per heavy atom. The Balaban J connectivity index is 1.76. The number of nitrogens with zero attached hydrogens (tertiary/aromatic N) is 3. The van der Waals surface area contributed by atoms with Gasteiger partial charge in [0.25, 0.3) is 23.2 Å². The lowest BCUT2D eigenvalue weighted by Crippen LogP contribution is -2.44. The lowest BCUT2D eigenvalue weighted by molar-refractivity contribution is -0.385. The number of nitro groups is 2. The first-order chi connectivity index (χ1) is 13.8. The minimum atomic E-state index is -0.735. The van der Waals surface area contributed by atoms with Crippen molar-refractivity contribution in [2.24, 2.45) is 0 Å². The summed E-state index contributed by atoms with van der Waals surface area (Å²) in [4.78, 5) is 45.5. The van der Waals surface area contributed by atoms with Crippen LogP contribution < -0.4 is 5.43 Å². The van der Waals surface area contributed by atoms with E-state index in [9.17, 15) is 29.8 Å². The summed E-state index contributed by atoms with van der Waals surface area (Å²) >= 11 is 6.06. The number of carbonyl (C=O) groups is 2. The van der Waals surface area contributed by atoms with Crippen molar-refractivity contribution in [2.45, 2.75) is 0 Å². The van der Waals surface area contributed by atoms with Crippen molar-refractivity contribution < 1.29 is 19.4 Å². The third-order valence-electron chi connectivity index (χ3n) is 3.73. The number of thioether (sulfide) groups is 1. The molecule has 1 saturated heterocycles. The van der Waals surface area contributed by atoms with E-state index in [0.717, 1.165) is 22.8 Å². The average molecular weight is 430 g/mol. The van der Waals surface area contributed by atoms with Crippen LogP contribution in [0.1, 0.15) is 15.9 Å². The number of non-ortho nitro benzene ring substituents is 2. The van der Waals surface area contributed by atoms with E-state index in [-0.39, 0.29) is 26.2 Å². The highest BCUT2D eigenvalue weighted by Crippen LogP contribution is 2.31. The zero-order valence-corrected chi connectivity index (χ0v) is 15.9. The summed E-state index contributed by atoms with van der Waals surface area (Å²) in [5, 5.41) is 22.4. The summed E-state index contributed by atoms with van der Waals surface area (Å²) in [7, 11) is 0. The molecule has 10 nitrogen and oxygen atoms in total. The van der Waals surface area contributed by atoms with Gasteiger partial charge in [-0.15, -0.1) is 0 Å². The number of hydrogen-bond acceptors (Lipinski definition) is 8. The van der Waals surface area contributed by atoms with Crippen LogP contribution in [0.4, 0.5) is 11.4 Å². The van der Waals surface area contributed by atoms with Gasteiger partial charge in [0.2, 0.25) is 0 Å². The van der Waals surface area contributed by atoms with E-state index < -0.39 is 21.7 Å². The number of benzene rings is 2. The molecule has 0 saturated carbocycles. The van der Waals surface area contributed by atoms with Crippen molar-refractivity contribution in [1.82, 2.24) is 10.4 Å². The number of carbonyl (C=O) groups excluding carboxylic acids is 2. The van der Waals surface area contributed by atoms with Gasteiger partial charge in [0.15, 0.2) is 4.32 Å². The van der Waals surface area contributed by atoms with Crippen LogP contribution in [-0.4, -0.2) is 31.0 Å². The fourth-order valence-corrected chi connectivity index (χ4v) is 3.51. The molecule has 3 rings (SSSR count). The van der Waals surface area contributed by atoms with Crippen LogP contribution in [-0.2, 0) is 4.79 Å². The lowest BCUT2D eigenvalue weighted by atomic mass is 10.2. The molecule has 2 aromatic carbocycles. The van der Waals surface area contributed by atoms with E-state index in [4.69, 9.17) is 12.2 Å². The molecule has 1 fully saturated rings. The monoisotopic (exact) mass is 430 g/mol. The maximum atomic E-state index is 12.6. The zero-order chi connectivity index (χ0) is 21.1. The van der Waals surface area contributed by atoms with Crippen molar-refractivity contribution in [3.8, 4) is 0 Å². The minimum Gasteiger partial charge on any atom is -0.267 e. The average Bonchev–Trinajstić information content (AvgIpc) is 2.95. The third kappa shape index (κ3) is 4.44. The Hall–Kier alpha value is -3.64. The van der Waals surface area contributed by atoms with Gasteiger partial charge < -0.3 is 0 Å². The normalized spacial score (nSPS) is 14.9. The van der Waals surface area contributed by atoms with E-state index in [1.165, 1.54) is 48.5 Å². The molecule has 1 aliphatic heterocycles. The Labute approximate surface area is 172 Å². The van der Waals surface area contributed by atoms with Crippen molar-refractivity contribution >= 4 is 57.6 Å². The minimum absolute atomic E-state index is 0.00685. The Morgan fingerprint density at radius 3 is 2.34 bits per heavy atom. The van der Waals surface area contributed by atoms with Crippen LogP contribution in [0.3, 0.4) is 0 Å². The second-order valence-corrected chi connectivity index (χ2v) is 7.29. The molecule has 146 valence electrons. The van der Waals surface area contributed by atoms with Gasteiger partial charge in [-0.2, -0.15) is 5.01 Å². The maximum absolute atomic E-state index is 12.6. The molecule has 0 bridgehead atoms. The van der Waals surface area contributed by atoms with Gasteiger partial charge in [-0.1, -0.05) is 17.8 Å². The van der Waals surface area contributed by atoms with E-state index in [1.807, 2.05) is 0 Å². The van der Waals surface area contributed by atoms with E-state index in [1.54, 1.807) is 0 Å². The molecular formula is C17H10N4O6S2. The molecular weight excluding hydrogens is 420 g/mol. The smallest absolute Gasteiger partial charge is 0.267 e. The topological polar surface area (TPSA) is 136 Å². The second kappa shape index (κ2) is 8.16. The van der Waals surface area contributed by atoms with Crippen LogP contribution in [0.15, 0.2) is 53.4 Å². The molecule has 1 heterocycles. The standard InChI is InChI=1S/C17H10N4O6S2/c22-15(11-2-1-3-13(9-11)21(26)27)18-19-16(23)14(29-17(19)28)8-10-4-6-12(7-5-10)20(24)25/h1-9H,(H,18,22)/b14-8+. The van der Waals surface area contributed by atoms with Gasteiger partial charge in [0.05, 0.1) is 14.8 Å². The fourth-order valence-electron chi connectivity index (χ4n) is 2.33. The highest BCUT2D eigenvalue weighted by atomic mass is 32.2. The summed E-state index contributed by atoms with van der Waals surface area (Å²) < 4.78 is 0.0712. The number of amides is 2. The molecule has 0 atom stereocenters. The van der Waals surface area contributed by atoms with E-state index in [0.29, 0.717) is 5.56 Å². The summed E-state index contributed by atoms with van der Waals surface area (Å²) in [6.45, 7) is 0. The summed E-state index contributed by atoms with van der Waals surface area (Å²) in [6, 6.07) is 10.6. The van der Waals surface area contributed by atoms with Crippen LogP contribution in [0.5, 0.6) is 0 Å². The van der Waals surface area contributed by atoms with Gasteiger partial charge >= 0.3 is 0 Å². The molecule has 0 unspecified atom stereocenters. The number of hydrogen-bond donors (Lipinski definition) is 1. The van der Waals surface area contributed by atoms with Gasteiger partial charge in [-0.25, -0.2) is 0 Å². The van der Waals surface area contributed by atoms with E-state index in [2.05, 4.69) is 5.43 Å². The molecule has 2 aromatic rings. The molecule has 2 amide bonds. The SMILES string of the molecule is O=C(NN1C(=O)/C(=C\c2ccc([N+](=O)[O-])cc2)SC1=S)c1cccc([N+](=O)[O-])c1. The van der Waals surface area contributed by atoms with Gasteiger partial charge in [0.1, 0.15) is 0 Å². The summed E-state index contributed by atoms with van der Waals surface area (Å²) in [5.41, 5.74) is 2.52. The van der Waals surface area contributed by atoms with Crippen LogP contribution in [0.25, 0.3) is 6.08 Å². The van der Waals surface area contributed by atoms with Crippen LogP contribution in [0.2, 0.25) is 0 Å². The number of nitro benzene ring substituents is 2. The Morgan fingerprint density at radius 1 is 1.07 bits per heavy atom. The third-order valence-corrected chi connectivity index (χ3v) is 5.03. The quantitative estimate of drug-likeness (QED) is 0.331. The Bertz CT molecular complexity index is 1080. The molecule has 1 N–H and O–H groups in total. The first-order valence-electron chi connectivity index (χ1n) is 7.84. The first kappa shape index (κ1) is 20.1. The van der Waals surface area contributed by atoms with Crippen molar-refractivity contribution in [2.75, 3.05) is 0 Å². The lowest BCUT2D eigenvalue weighted by Gasteiger charge is -2.15. The second-order valence-electron chi connectivity index (χ2n) is 5.61. The number of hydrazine groups is 1. The summed E-state index contributed by atoms with van der Waals surface area (Å²) in [5.74, 6) is -1.32. The fraction of sp³-hybridized carbons (Fsp3) is 0. The predicted octanol–water partition coefficient (Wildman–Crippen LogP) is 3.05. The first-order valence-corrected chi connectivity index (χ1v) is 9.06. The molecule has 0 aliphatic carbocycles. The molecule has 0 spiro atoms. The highest BCUT2D eigenvalue weighted by Gasteiger charge is 2.34. The van der Waals surface area contributed by atoms with Crippen LogP contribution in [0, 0.1) is 20.2 Å². The summed E-state index contributed by atoms with van der Waals surface area (Å²) in [6.07, 6.45) is 1.49. The molecule has 29 heavy (non-hydrogen) atoms. The van der Waals surface area contributed by atoms with Crippen molar-refractivity contribution in [3.05, 3.63) is 84.8 Å². The highest BCUT2D eigenvalue weighted by molar-refractivity contribution is 8.26. The number of thiocarbonyl (C=S) groups is 1. The Kier molecular flexibility index (Phi) is 5.66. The predicted molar refractivity (Wildman–Crippen MR) is 109 cm³/mol.